The van der Waals surface area contributed by atoms with Gasteiger partial charge in [-0.1, -0.05) is 26.3 Å². The predicted octanol–water partition coefficient (Wildman–Crippen LogP) is 4.70. The van der Waals surface area contributed by atoms with E-state index in [1.165, 1.54) is 0 Å². The average Bonchev–Trinajstić information content (AvgIpc) is 3.52. The van der Waals surface area contributed by atoms with Gasteiger partial charge in [0.15, 0.2) is 5.78 Å². The fraction of sp³-hybridized carbons (Fsp3) is 0.781. The zero-order valence-electron chi connectivity index (χ0n) is 24.0. The van der Waals surface area contributed by atoms with Crippen LogP contribution in [0.3, 0.4) is 0 Å². The van der Waals surface area contributed by atoms with Crippen molar-refractivity contribution in [2.45, 2.75) is 110 Å². The van der Waals surface area contributed by atoms with Gasteiger partial charge in [0.05, 0.1) is 17.1 Å². The van der Waals surface area contributed by atoms with E-state index < -0.39 is 17.1 Å². The summed E-state index contributed by atoms with van der Waals surface area (Å²) >= 11 is 0. The molecule has 0 aromatic rings. The molecule has 0 aromatic carbocycles. The highest BCUT2D eigenvalue weighted by atomic mass is 16.6. The van der Waals surface area contributed by atoms with E-state index in [0.29, 0.717) is 42.6 Å². The van der Waals surface area contributed by atoms with Gasteiger partial charge in [-0.3, -0.25) is 9.59 Å². The van der Waals surface area contributed by atoms with Gasteiger partial charge in [-0.25, -0.2) is 4.79 Å². The van der Waals surface area contributed by atoms with Gasteiger partial charge in [-0.2, -0.15) is 0 Å². The van der Waals surface area contributed by atoms with Gasteiger partial charge in [-0.05, 0) is 99.5 Å². The molecule has 39 heavy (non-hydrogen) atoms. The van der Waals surface area contributed by atoms with Crippen LogP contribution in [-0.2, 0) is 28.6 Å². The minimum absolute atomic E-state index is 0.0109. The van der Waals surface area contributed by atoms with E-state index in [1.807, 2.05) is 13.8 Å². The Morgan fingerprint density at radius 1 is 1.21 bits per heavy atom. The topological polar surface area (TPSA) is 102 Å². The zero-order valence-corrected chi connectivity index (χ0v) is 24.0. The molecular weight excluding hydrogens is 496 g/mol. The van der Waals surface area contributed by atoms with Crippen molar-refractivity contribution in [2.24, 2.45) is 40.4 Å². The Kier molecular flexibility index (Phi) is 6.46. The third-order valence-corrected chi connectivity index (χ3v) is 12.3. The van der Waals surface area contributed by atoms with Crippen LogP contribution in [0.4, 0.5) is 0 Å². The molecule has 1 spiro atoms. The molecule has 2 aliphatic heterocycles. The SMILES string of the molecule is CCCC(=O)OCC1=C(C)C[C@H]([C@@H](C)[C@H]2CC[C@H]3[C@@H]4C[C@H]5O[C@]56[C@@H](O)C=CC(=O)[C@]6(C)[C@H]4CC[C@]23C)OC1=O. The number of hydrogen-bond acceptors (Lipinski definition) is 7. The normalized spacial score (nSPS) is 47.0. The van der Waals surface area contributed by atoms with E-state index in [2.05, 4.69) is 20.8 Å². The first-order valence-corrected chi connectivity index (χ1v) is 15.1. The average molecular weight is 541 g/mol. The van der Waals surface area contributed by atoms with Crippen LogP contribution in [0.5, 0.6) is 0 Å². The molecule has 6 aliphatic rings. The summed E-state index contributed by atoms with van der Waals surface area (Å²) in [6, 6.07) is 0. The Labute approximate surface area is 231 Å². The lowest BCUT2D eigenvalue weighted by Crippen LogP contribution is -2.63. The number of epoxide rings is 1. The van der Waals surface area contributed by atoms with E-state index in [9.17, 15) is 19.5 Å². The lowest BCUT2D eigenvalue weighted by molar-refractivity contribution is -0.156. The molecule has 6 rings (SSSR count). The Hall–Kier alpha value is -1.99. The van der Waals surface area contributed by atoms with Crippen LogP contribution in [0.25, 0.3) is 0 Å². The molecule has 1 N–H and O–H groups in total. The molecule has 4 fully saturated rings. The fourth-order valence-corrected chi connectivity index (χ4v) is 10.1. The number of cyclic esters (lactones) is 1. The van der Waals surface area contributed by atoms with Crippen LogP contribution >= 0.6 is 0 Å². The number of carbonyl (C=O) groups excluding carboxylic acids is 3. The van der Waals surface area contributed by atoms with Crippen LogP contribution < -0.4 is 0 Å². The minimum Gasteiger partial charge on any atom is -0.461 e. The molecule has 2 heterocycles. The second kappa shape index (κ2) is 9.27. The maximum absolute atomic E-state index is 13.4. The molecule has 4 aliphatic carbocycles. The van der Waals surface area contributed by atoms with Gasteiger partial charge in [0.25, 0.3) is 0 Å². The molecule has 7 nitrogen and oxygen atoms in total. The smallest absolute Gasteiger partial charge is 0.337 e. The van der Waals surface area contributed by atoms with Crippen LogP contribution in [0.2, 0.25) is 0 Å². The van der Waals surface area contributed by atoms with Gasteiger partial charge in [0.2, 0.25) is 0 Å². The maximum atomic E-state index is 13.4. The summed E-state index contributed by atoms with van der Waals surface area (Å²) < 4.78 is 17.6. The lowest BCUT2D eigenvalue weighted by atomic mass is 9.44. The zero-order chi connectivity index (χ0) is 27.9. The predicted molar refractivity (Wildman–Crippen MR) is 143 cm³/mol. The van der Waals surface area contributed by atoms with E-state index in [1.54, 1.807) is 12.2 Å². The molecule has 3 saturated carbocycles. The van der Waals surface area contributed by atoms with Crippen LogP contribution in [0.15, 0.2) is 23.3 Å². The number of fused-ring (bicyclic) bond motifs is 4. The van der Waals surface area contributed by atoms with Crippen molar-refractivity contribution in [3.05, 3.63) is 23.3 Å². The monoisotopic (exact) mass is 540 g/mol. The summed E-state index contributed by atoms with van der Waals surface area (Å²) in [7, 11) is 0. The third kappa shape index (κ3) is 3.71. The van der Waals surface area contributed by atoms with Crippen LogP contribution in [0.1, 0.15) is 86.0 Å². The molecule has 11 atom stereocenters. The number of ketones is 1. The van der Waals surface area contributed by atoms with Gasteiger partial charge in [0.1, 0.15) is 24.4 Å². The highest BCUT2D eigenvalue weighted by Gasteiger charge is 2.80. The van der Waals surface area contributed by atoms with E-state index in [-0.39, 0.29) is 53.8 Å². The lowest BCUT2D eigenvalue weighted by Gasteiger charge is -2.58. The van der Waals surface area contributed by atoms with Gasteiger partial charge in [0, 0.05) is 12.8 Å². The summed E-state index contributed by atoms with van der Waals surface area (Å²) in [5, 5.41) is 10.9. The first-order valence-electron chi connectivity index (χ1n) is 15.1. The third-order valence-electron chi connectivity index (χ3n) is 12.3. The van der Waals surface area contributed by atoms with Crippen molar-refractivity contribution >= 4 is 17.7 Å². The summed E-state index contributed by atoms with van der Waals surface area (Å²) in [6.07, 6.45) is 9.12. The van der Waals surface area contributed by atoms with E-state index in [0.717, 1.165) is 37.7 Å². The van der Waals surface area contributed by atoms with Crippen molar-refractivity contribution < 1.29 is 33.7 Å². The summed E-state index contributed by atoms with van der Waals surface area (Å²) in [6.45, 7) is 10.6. The molecule has 0 amide bonds. The largest absolute Gasteiger partial charge is 0.461 e. The maximum Gasteiger partial charge on any atom is 0.337 e. The number of aliphatic hydroxyl groups excluding tert-OH is 1. The molecule has 0 bridgehead atoms. The van der Waals surface area contributed by atoms with Gasteiger partial charge in [-0.15, -0.1) is 0 Å². The number of rotatable bonds is 6. The number of aliphatic hydroxyl groups is 1. The van der Waals surface area contributed by atoms with Crippen molar-refractivity contribution in [1.82, 2.24) is 0 Å². The number of esters is 2. The second-order valence-electron chi connectivity index (χ2n) is 13.8. The molecular formula is C32H44O7. The Morgan fingerprint density at radius 3 is 2.69 bits per heavy atom. The Morgan fingerprint density at radius 2 is 1.97 bits per heavy atom. The molecule has 7 heteroatoms. The Balaban J connectivity index is 1.18. The van der Waals surface area contributed by atoms with E-state index in [4.69, 9.17) is 14.2 Å². The minimum atomic E-state index is -0.734. The van der Waals surface area contributed by atoms with Crippen LogP contribution in [-0.4, -0.2) is 53.3 Å². The van der Waals surface area contributed by atoms with Crippen molar-refractivity contribution in [3.8, 4) is 0 Å². The molecule has 0 aromatic heterocycles. The Bertz CT molecular complexity index is 1140. The van der Waals surface area contributed by atoms with E-state index >= 15 is 0 Å². The molecule has 0 unspecified atom stereocenters. The summed E-state index contributed by atoms with van der Waals surface area (Å²) in [4.78, 5) is 38.2. The quantitative estimate of drug-likeness (QED) is 0.385. The molecule has 214 valence electrons. The van der Waals surface area contributed by atoms with Crippen molar-refractivity contribution in [3.63, 3.8) is 0 Å². The number of carbonyl (C=O) groups is 3. The first-order chi connectivity index (χ1) is 18.5. The van der Waals surface area contributed by atoms with Gasteiger partial charge >= 0.3 is 11.9 Å². The number of ether oxygens (including phenoxy) is 3. The number of hydrogen-bond donors (Lipinski definition) is 1. The fourth-order valence-electron chi connectivity index (χ4n) is 10.1. The first kappa shape index (κ1) is 27.2. The standard InChI is InChI=1S/C32H44O7/c1-6-7-28(35)37-16-20-17(2)14-24(38-29(20)36)18(3)21-8-9-22-19-15-27-32(39-27)26(34)11-10-25(33)31(32,5)23(19)12-13-30(21,22)4/h10-11,18-19,21-24,26-27,34H,6-9,12-16H2,1-5H3/t18-,19-,21+,22-,23-,24+,26-,27+,30+,31-,32+/m0/s1. The molecule has 1 saturated heterocycles. The number of allylic oxidation sites excluding steroid dienone is 1. The highest BCUT2D eigenvalue weighted by Crippen LogP contribution is 2.73. The van der Waals surface area contributed by atoms with Gasteiger partial charge < -0.3 is 19.3 Å². The molecule has 0 radical (unpaired) electrons. The van der Waals surface area contributed by atoms with Crippen molar-refractivity contribution in [1.29, 1.82) is 0 Å². The van der Waals surface area contributed by atoms with Crippen LogP contribution in [0, 0.1) is 40.4 Å². The van der Waals surface area contributed by atoms with Crippen molar-refractivity contribution in [2.75, 3.05) is 6.61 Å². The summed E-state index contributed by atoms with van der Waals surface area (Å²) in [5.41, 5.74) is 0.147. The second-order valence-corrected chi connectivity index (χ2v) is 13.8. The highest BCUT2D eigenvalue weighted by molar-refractivity contribution is 5.98. The summed E-state index contributed by atoms with van der Waals surface area (Å²) in [5.74, 6) is 1.20.